The summed E-state index contributed by atoms with van der Waals surface area (Å²) in [5.74, 6) is -0.678. The molecular weight excluding hydrogens is 417 g/mol. The van der Waals surface area contributed by atoms with Crippen LogP contribution in [0.2, 0.25) is 10.0 Å². The van der Waals surface area contributed by atoms with E-state index < -0.39 is 17.7 Å². The molecule has 2 heterocycles. The van der Waals surface area contributed by atoms with Crippen molar-refractivity contribution < 1.29 is 24.2 Å². The van der Waals surface area contributed by atoms with E-state index in [0.29, 0.717) is 45.6 Å². The van der Waals surface area contributed by atoms with E-state index in [2.05, 4.69) is 0 Å². The largest absolute Gasteiger partial charge is 0.507 e. The van der Waals surface area contributed by atoms with Crippen LogP contribution in [0.5, 0.6) is 11.5 Å². The Bertz CT molecular complexity index is 1050. The van der Waals surface area contributed by atoms with Gasteiger partial charge in [-0.3, -0.25) is 9.59 Å². The maximum Gasteiger partial charge on any atom is 0.295 e. The zero-order chi connectivity index (χ0) is 20.7. The number of fused-ring (bicyclic) bond motifs is 1. The summed E-state index contributed by atoms with van der Waals surface area (Å²) in [5, 5.41) is 11.7. The third-order valence-corrected chi connectivity index (χ3v) is 5.65. The first-order valence-corrected chi connectivity index (χ1v) is 9.81. The Balaban J connectivity index is 1.87. The Morgan fingerprint density at radius 2 is 1.86 bits per heavy atom. The van der Waals surface area contributed by atoms with Crippen molar-refractivity contribution in [2.24, 2.45) is 0 Å². The van der Waals surface area contributed by atoms with Crippen molar-refractivity contribution in [3.05, 3.63) is 63.1 Å². The van der Waals surface area contributed by atoms with Gasteiger partial charge in [-0.15, -0.1) is 0 Å². The number of ketones is 1. The number of Topliss-reactive ketones (excluding diaryl/α,β-unsaturated/α-hetero) is 1. The highest BCUT2D eigenvalue weighted by molar-refractivity contribution is 6.46. The van der Waals surface area contributed by atoms with Gasteiger partial charge in [-0.2, -0.15) is 0 Å². The van der Waals surface area contributed by atoms with E-state index in [1.807, 2.05) is 6.92 Å². The maximum absolute atomic E-state index is 12.9. The van der Waals surface area contributed by atoms with Crippen LogP contribution in [0, 0.1) is 0 Å². The van der Waals surface area contributed by atoms with Crippen LogP contribution in [0.4, 0.5) is 0 Å². The topological polar surface area (TPSA) is 76.1 Å². The number of hydrogen-bond acceptors (Lipinski definition) is 5. The van der Waals surface area contributed by atoms with Crippen LogP contribution in [0.1, 0.15) is 30.5 Å². The van der Waals surface area contributed by atoms with E-state index in [1.165, 1.54) is 4.90 Å². The van der Waals surface area contributed by atoms with Crippen LogP contribution in [0.15, 0.2) is 42.0 Å². The summed E-state index contributed by atoms with van der Waals surface area (Å²) in [6, 6.07) is 8.98. The van der Waals surface area contributed by atoms with E-state index in [4.69, 9.17) is 32.7 Å². The van der Waals surface area contributed by atoms with Crippen LogP contribution >= 0.6 is 23.2 Å². The Hall–Kier alpha value is -2.70. The summed E-state index contributed by atoms with van der Waals surface area (Å²) in [6.45, 7) is 2.35. The molecule has 150 valence electrons. The molecule has 1 N–H and O–H groups in total. The van der Waals surface area contributed by atoms with Crippen molar-refractivity contribution in [1.82, 2.24) is 4.90 Å². The van der Waals surface area contributed by atoms with Gasteiger partial charge in [0.25, 0.3) is 11.7 Å². The van der Waals surface area contributed by atoms with Gasteiger partial charge in [-0.25, -0.2) is 0 Å². The zero-order valence-electron chi connectivity index (χ0n) is 15.4. The van der Waals surface area contributed by atoms with Crippen molar-refractivity contribution >= 4 is 40.7 Å². The normalized spacial score (nSPS) is 19.8. The summed E-state index contributed by atoms with van der Waals surface area (Å²) in [5.41, 5.74) is 0.948. The predicted molar refractivity (Wildman–Crippen MR) is 108 cm³/mol. The molecular formula is C21H17Cl2NO5. The Kier molecular flexibility index (Phi) is 5.15. The minimum absolute atomic E-state index is 0.000652. The highest BCUT2D eigenvalue weighted by atomic mass is 35.5. The molecule has 0 radical (unpaired) electrons. The van der Waals surface area contributed by atoms with Crippen molar-refractivity contribution in [2.75, 3.05) is 13.3 Å². The standard InChI is InChI=1S/C21H17Cl2NO5/c1-2-7-24-18(11-3-5-13(22)14(23)8-11)17(20(26)21(24)27)19(25)12-4-6-15-16(9-12)29-10-28-15/h3-6,8-9,18,25H,2,7,10H2,1H3/b19-17-. The summed E-state index contributed by atoms with van der Waals surface area (Å²) in [4.78, 5) is 27.0. The fraction of sp³-hybridized carbons (Fsp3) is 0.238. The van der Waals surface area contributed by atoms with E-state index in [-0.39, 0.29) is 18.1 Å². The fourth-order valence-electron chi connectivity index (χ4n) is 3.58. The van der Waals surface area contributed by atoms with E-state index in [9.17, 15) is 14.7 Å². The molecule has 2 aromatic carbocycles. The quantitative estimate of drug-likeness (QED) is 0.434. The highest BCUT2D eigenvalue weighted by Crippen LogP contribution is 2.42. The predicted octanol–water partition coefficient (Wildman–Crippen LogP) is 4.55. The molecule has 0 aliphatic carbocycles. The lowest BCUT2D eigenvalue weighted by molar-refractivity contribution is -0.139. The van der Waals surface area contributed by atoms with E-state index in [1.54, 1.807) is 36.4 Å². The molecule has 1 fully saturated rings. The van der Waals surface area contributed by atoms with Gasteiger partial charge >= 0.3 is 0 Å². The molecule has 0 bridgehead atoms. The number of aliphatic hydroxyl groups excluding tert-OH is 1. The average Bonchev–Trinajstić information content (AvgIpc) is 3.27. The number of carbonyl (C=O) groups is 2. The first-order valence-electron chi connectivity index (χ1n) is 9.05. The number of ether oxygens (including phenoxy) is 2. The van der Waals surface area contributed by atoms with E-state index in [0.717, 1.165) is 0 Å². The van der Waals surface area contributed by atoms with Gasteiger partial charge in [0.2, 0.25) is 6.79 Å². The molecule has 1 atom stereocenters. The van der Waals surface area contributed by atoms with Gasteiger partial charge in [0.1, 0.15) is 5.76 Å². The first-order chi connectivity index (χ1) is 13.9. The number of aliphatic hydroxyl groups is 1. The molecule has 8 heteroatoms. The minimum atomic E-state index is -0.768. The van der Waals surface area contributed by atoms with E-state index >= 15 is 0 Å². The molecule has 0 saturated carbocycles. The second kappa shape index (κ2) is 7.61. The lowest BCUT2D eigenvalue weighted by Gasteiger charge is -2.25. The second-order valence-corrected chi connectivity index (χ2v) is 7.55. The van der Waals surface area contributed by atoms with Crippen molar-refractivity contribution in [3.8, 4) is 11.5 Å². The Morgan fingerprint density at radius 3 is 2.59 bits per heavy atom. The Morgan fingerprint density at radius 1 is 1.10 bits per heavy atom. The van der Waals surface area contributed by atoms with Gasteiger partial charge in [0, 0.05) is 12.1 Å². The smallest absolute Gasteiger partial charge is 0.295 e. The molecule has 2 aromatic rings. The molecule has 1 saturated heterocycles. The lowest BCUT2D eigenvalue weighted by Crippen LogP contribution is -2.30. The SMILES string of the molecule is CCCN1C(=O)C(=O)/C(=C(\O)c2ccc3c(c2)OCO3)C1c1ccc(Cl)c(Cl)c1. The van der Waals surface area contributed by atoms with Gasteiger partial charge in [-0.1, -0.05) is 36.2 Å². The molecule has 29 heavy (non-hydrogen) atoms. The van der Waals surface area contributed by atoms with Crippen LogP contribution in [0.3, 0.4) is 0 Å². The summed E-state index contributed by atoms with van der Waals surface area (Å²) < 4.78 is 10.6. The van der Waals surface area contributed by atoms with Crippen LogP contribution in [0.25, 0.3) is 5.76 Å². The number of likely N-dealkylation sites (tertiary alicyclic amines) is 1. The number of halogens is 2. The third kappa shape index (κ3) is 3.32. The molecule has 1 unspecified atom stereocenters. The molecule has 0 spiro atoms. The van der Waals surface area contributed by atoms with Crippen LogP contribution < -0.4 is 9.47 Å². The Labute approximate surface area is 177 Å². The maximum atomic E-state index is 12.9. The summed E-state index contributed by atoms with van der Waals surface area (Å²) in [7, 11) is 0. The minimum Gasteiger partial charge on any atom is -0.507 e. The summed E-state index contributed by atoms with van der Waals surface area (Å²) in [6.07, 6.45) is 0.648. The van der Waals surface area contributed by atoms with Crippen LogP contribution in [-0.4, -0.2) is 35.0 Å². The van der Waals surface area contributed by atoms with Crippen molar-refractivity contribution in [2.45, 2.75) is 19.4 Å². The molecule has 2 aliphatic heterocycles. The second-order valence-electron chi connectivity index (χ2n) is 6.73. The van der Waals surface area contributed by atoms with Gasteiger partial charge < -0.3 is 19.5 Å². The summed E-state index contributed by atoms with van der Waals surface area (Å²) >= 11 is 12.2. The molecule has 0 aromatic heterocycles. The third-order valence-electron chi connectivity index (χ3n) is 4.91. The number of nitrogens with zero attached hydrogens (tertiary/aromatic N) is 1. The molecule has 1 amide bonds. The van der Waals surface area contributed by atoms with Gasteiger partial charge in [-0.05, 0) is 42.3 Å². The first kappa shape index (κ1) is 19.6. The lowest BCUT2D eigenvalue weighted by atomic mass is 9.95. The van der Waals surface area contributed by atoms with Gasteiger partial charge in [0.15, 0.2) is 11.5 Å². The number of rotatable bonds is 4. The van der Waals surface area contributed by atoms with Crippen molar-refractivity contribution in [1.29, 1.82) is 0 Å². The fourth-order valence-corrected chi connectivity index (χ4v) is 3.89. The number of hydrogen-bond donors (Lipinski definition) is 1. The van der Waals surface area contributed by atoms with Crippen LogP contribution in [-0.2, 0) is 9.59 Å². The highest BCUT2D eigenvalue weighted by Gasteiger charge is 2.45. The monoisotopic (exact) mass is 433 g/mol. The molecule has 2 aliphatic rings. The zero-order valence-corrected chi connectivity index (χ0v) is 17.0. The number of amides is 1. The number of carbonyl (C=O) groups excluding carboxylic acids is 2. The number of benzene rings is 2. The van der Waals surface area contributed by atoms with Crippen molar-refractivity contribution in [3.63, 3.8) is 0 Å². The van der Waals surface area contributed by atoms with Gasteiger partial charge in [0.05, 0.1) is 21.7 Å². The molecule has 4 rings (SSSR count). The average molecular weight is 434 g/mol. The molecule has 6 nitrogen and oxygen atoms in total.